The lowest BCUT2D eigenvalue weighted by Gasteiger charge is -2.28. The zero-order valence-electron chi connectivity index (χ0n) is 18.6. The minimum absolute atomic E-state index is 0.0284. The van der Waals surface area contributed by atoms with Crippen molar-refractivity contribution in [1.82, 2.24) is 0 Å². The van der Waals surface area contributed by atoms with Gasteiger partial charge in [0.25, 0.3) is 0 Å². The standard InChI is InChI=1S/C25H25ClFNO4S/c1-4-33(30,31)21-12-5-17(6-13-21)15-24(29)28-19-8-10-20(11-9-19)32-25(2,3)22-14-7-18(27)16-23(22)26/h5-14,16H,4,15H2,1-3H3,(H,28,29). The molecule has 0 atom stereocenters. The van der Waals surface area contributed by atoms with Gasteiger partial charge in [-0.3, -0.25) is 4.79 Å². The van der Waals surface area contributed by atoms with Gasteiger partial charge in [0.05, 0.1) is 22.1 Å². The largest absolute Gasteiger partial charge is 0.483 e. The number of sulfone groups is 1. The molecule has 0 spiro atoms. The van der Waals surface area contributed by atoms with Crippen molar-refractivity contribution in [3.8, 4) is 5.75 Å². The molecule has 0 bridgehead atoms. The Balaban J connectivity index is 1.61. The molecule has 0 saturated heterocycles. The van der Waals surface area contributed by atoms with Gasteiger partial charge in [0.15, 0.2) is 9.84 Å². The molecule has 3 aromatic rings. The van der Waals surface area contributed by atoms with Crippen LogP contribution in [0.3, 0.4) is 0 Å². The number of hydrogen-bond acceptors (Lipinski definition) is 4. The highest BCUT2D eigenvalue weighted by molar-refractivity contribution is 7.91. The smallest absolute Gasteiger partial charge is 0.228 e. The normalized spacial score (nSPS) is 11.8. The number of carbonyl (C=O) groups is 1. The molecule has 0 radical (unpaired) electrons. The Hall–Kier alpha value is -2.90. The van der Waals surface area contributed by atoms with Crippen LogP contribution in [0.5, 0.6) is 5.75 Å². The number of nitrogens with one attached hydrogen (secondary N) is 1. The quantitative estimate of drug-likeness (QED) is 0.436. The molecule has 33 heavy (non-hydrogen) atoms. The van der Waals surface area contributed by atoms with Crippen LogP contribution in [0.4, 0.5) is 10.1 Å². The topological polar surface area (TPSA) is 72.5 Å². The van der Waals surface area contributed by atoms with Crippen LogP contribution < -0.4 is 10.1 Å². The van der Waals surface area contributed by atoms with Crippen LogP contribution in [0.15, 0.2) is 71.6 Å². The van der Waals surface area contributed by atoms with E-state index in [9.17, 15) is 17.6 Å². The Bertz CT molecular complexity index is 1240. The van der Waals surface area contributed by atoms with E-state index in [0.29, 0.717) is 22.6 Å². The van der Waals surface area contributed by atoms with E-state index in [1.54, 1.807) is 49.4 Å². The number of halogens is 2. The Kier molecular flexibility index (Phi) is 7.44. The molecule has 8 heteroatoms. The second-order valence-corrected chi connectivity index (χ2v) is 10.7. The minimum Gasteiger partial charge on any atom is -0.483 e. The number of hydrogen-bond donors (Lipinski definition) is 1. The summed E-state index contributed by atoms with van der Waals surface area (Å²) < 4.78 is 43.2. The maximum atomic E-state index is 13.3. The summed E-state index contributed by atoms with van der Waals surface area (Å²) in [5.74, 6) is -0.0541. The average molecular weight is 490 g/mol. The number of rotatable bonds is 8. The first kappa shape index (κ1) is 24.7. The van der Waals surface area contributed by atoms with E-state index in [4.69, 9.17) is 16.3 Å². The van der Waals surface area contributed by atoms with E-state index in [1.165, 1.54) is 24.3 Å². The summed E-state index contributed by atoms with van der Waals surface area (Å²) in [6.45, 7) is 5.25. The Morgan fingerprint density at radius 3 is 2.24 bits per heavy atom. The summed E-state index contributed by atoms with van der Waals surface area (Å²) in [5, 5.41) is 3.09. The molecule has 0 aliphatic carbocycles. The number of anilines is 1. The summed E-state index contributed by atoms with van der Waals surface area (Å²) in [6.07, 6.45) is 0.112. The predicted octanol–water partition coefficient (Wildman–Crippen LogP) is 5.77. The Morgan fingerprint density at radius 1 is 1.03 bits per heavy atom. The van der Waals surface area contributed by atoms with E-state index in [-0.39, 0.29) is 28.0 Å². The second kappa shape index (κ2) is 9.93. The molecule has 174 valence electrons. The third kappa shape index (κ3) is 6.33. The molecule has 0 aliphatic heterocycles. The fourth-order valence-electron chi connectivity index (χ4n) is 3.31. The minimum atomic E-state index is -3.27. The summed E-state index contributed by atoms with van der Waals surface area (Å²) in [4.78, 5) is 12.6. The highest BCUT2D eigenvalue weighted by atomic mass is 35.5. The van der Waals surface area contributed by atoms with Crippen LogP contribution in [0.25, 0.3) is 0 Å². The van der Waals surface area contributed by atoms with Crippen molar-refractivity contribution < 1.29 is 22.3 Å². The molecule has 3 rings (SSSR count). The van der Waals surface area contributed by atoms with Crippen molar-refractivity contribution in [1.29, 1.82) is 0 Å². The number of carbonyl (C=O) groups excluding carboxylic acids is 1. The van der Waals surface area contributed by atoms with Crippen molar-refractivity contribution in [3.63, 3.8) is 0 Å². The second-order valence-electron chi connectivity index (χ2n) is 8.03. The first-order valence-corrected chi connectivity index (χ1v) is 12.4. The van der Waals surface area contributed by atoms with Crippen molar-refractivity contribution in [3.05, 3.63) is 88.7 Å². The first-order valence-electron chi connectivity index (χ1n) is 10.4. The number of benzene rings is 3. The zero-order valence-corrected chi connectivity index (χ0v) is 20.1. The third-order valence-corrected chi connectivity index (χ3v) is 7.18. The molecule has 1 N–H and O–H groups in total. The zero-order chi connectivity index (χ0) is 24.2. The molecule has 1 amide bonds. The summed E-state index contributed by atoms with van der Waals surface area (Å²) >= 11 is 6.17. The van der Waals surface area contributed by atoms with Crippen molar-refractivity contribution in [2.75, 3.05) is 11.1 Å². The maximum Gasteiger partial charge on any atom is 0.228 e. The van der Waals surface area contributed by atoms with Gasteiger partial charge < -0.3 is 10.1 Å². The molecule has 0 heterocycles. The summed E-state index contributed by atoms with van der Waals surface area (Å²) in [5.41, 5.74) is 1.16. The van der Waals surface area contributed by atoms with E-state index in [2.05, 4.69) is 5.32 Å². The predicted molar refractivity (Wildman–Crippen MR) is 128 cm³/mol. The van der Waals surface area contributed by atoms with Gasteiger partial charge in [-0.15, -0.1) is 0 Å². The molecule has 0 unspecified atom stereocenters. The fraction of sp³-hybridized carbons (Fsp3) is 0.240. The van der Waals surface area contributed by atoms with Crippen molar-refractivity contribution in [2.45, 2.75) is 37.7 Å². The molecule has 0 fully saturated rings. The van der Waals surface area contributed by atoms with E-state index in [0.717, 1.165) is 0 Å². The lowest BCUT2D eigenvalue weighted by molar-refractivity contribution is -0.115. The van der Waals surface area contributed by atoms with Crippen LogP contribution in [0.2, 0.25) is 5.02 Å². The fourth-order valence-corrected chi connectivity index (χ4v) is 4.58. The van der Waals surface area contributed by atoms with Gasteiger partial charge in [0, 0.05) is 11.3 Å². The van der Waals surface area contributed by atoms with E-state index in [1.807, 2.05) is 13.8 Å². The van der Waals surface area contributed by atoms with Gasteiger partial charge >= 0.3 is 0 Å². The van der Waals surface area contributed by atoms with Gasteiger partial charge in [-0.25, -0.2) is 12.8 Å². The Morgan fingerprint density at radius 2 is 1.67 bits per heavy atom. The van der Waals surface area contributed by atoms with Gasteiger partial charge in [-0.05, 0) is 67.9 Å². The van der Waals surface area contributed by atoms with Gasteiger partial charge in [-0.1, -0.05) is 36.7 Å². The highest BCUT2D eigenvalue weighted by Gasteiger charge is 2.25. The molecule has 5 nitrogen and oxygen atoms in total. The van der Waals surface area contributed by atoms with Crippen LogP contribution in [-0.2, 0) is 26.7 Å². The van der Waals surface area contributed by atoms with Crippen LogP contribution in [0.1, 0.15) is 31.9 Å². The van der Waals surface area contributed by atoms with Gasteiger partial charge in [0.1, 0.15) is 17.2 Å². The molecule has 0 aromatic heterocycles. The van der Waals surface area contributed by atoms with Crippen LogP contribution >= 0.6 is 11.6 Å². The monoisotopic (exact) mass is 489 g/mol. The molecule has 0 aliphatic rings. The van der Waals surface area contributed by atoms with Gasteiger partial charge in [-0.2, -0.15) is 0 Å². The van der Waals surface area contributed by atoms with Crippen molar-refractivity contribution >= 4 is 33.0 Å². The van der Waals surface area contributed by atoms with Crippen molar-refractivity contribution in [2.24, 2.45) is 0 Å². The maximum absolute atomic E-state index is 13.3. The van der Waals surface area contributed by atoms with Gasteiger partial charge in [0.2, 0.25) is 5.91 Å². The third-order valence-electron chi connectivity index (χ3n) is 5.12. The summed E-state index contributed by atoms with van der Waals surface area (Å²) in [6, 6.07) is 17.4. The van der Waals surface area contributed by atoms with E-state index >= 15 is 0 Å². The van der Waals surface area contributed by atoms with Crippen LogP contribution in [-0.4, -0.2) is 20.1 Å². The Labute approximate surface area is 198 Å². The number of amides is 1. The molecular weight excluding hydrogens is 465 g/mol. The SMILES string of the molecule is CCS(=O)(=O)c1ccc(CC(=O)Nc2ccc(OC(C)(C)c3ccc(F)cc3Cl)cc2)cc1. The number of ether oxygens (including phenoxy) is 1. The first-order chi connectivity index (χ1) is 15.5. The molecule has 3 aromatic carbocycles. The molecule has 0 saturated carbocycles. The van der Waals surface area contributed by atoms with Crippen LogP contribution in [0, 0.1) is 5.82 Å². The average Bonchev–Trinajstić information content (AvgIpc) is 2.75. The molecular formula is C25H25ClFNO4S. The lowest BCUT2D eigenvalue weighted by atomic mass is 9.98. The lowest BCUT2D eigenvalue weighted by Crippen LogP contribution is -2.25. The summed E-state index contributed by atoms with van der Waals surface area (Å²) in [7, 11) is -3.27. The highest BCUT2D eigenvalue weighted by Crippen LogP contribution is 2.33. The van der Waals surface area contributed by atoms with E-state index < -0.39 is 21.3 Å².